The van der Waals surface area contributed by atoms with Gasteiger partial charge in [-0.05, 0) is 43.9 Å². The molecule has 0 unspecified atom stereocenters. The lowest BCUT2D eigenvalue weighted by atomic mass is 9.91. The second-order valence-corrected chi connectivity index (χ2v) is 6.56. The fraction of sp³-hybridized carbons (Fsp3) is 0.316. The Labute approximate surface area is 144 Å². The van der Waals surface area contributed by atoms with E-state index in [2.05, 4.69) is 15.4 Å². The number of carbonyl (C=O) groups excluding carboxylic acids is 1. The third-order valence-corrected chi connectivity index (χ3v) is 4.89. The van der Waals surface area contributed by atoms with Gasteiger partial charge >= 0.3 is 0 Å². The first-order valence-corrected chi connectivity index (χ1v) is 8.63. The van der Waals surface area contributed by atoms with Crippen LogP contribution >= 0.6 is 0 Å². The molecule has 1 saturated carbocycles. The number of nitrogens with one attached hydrogen (secondary N) is 2. The Kier molecular flexibility index (Phi) is 4.09. The molecule has 0 bridgehead atoms. The van der Waals surface area contributed by atoms with Crippen LogP contribution in [0.15, 0.2) is 53.5 Å². The molecule has 128 valence electrons. The number of para-hydroxylation sites is 1. The first kappa shape index (κ1) is 15.6. The van der Waals surface area contributed by atoms with Crippen LogP contribution in [0.4, 0.5) is 0 Å². The van der Waals surface area contributed by atoms with Gasteiger partial charge in [0.25, 0.3) is 11.5 Å². The van der Waals surface area contributed by atoms with Crippen LogP contribution < -0.4 is 10.9 Å². The molecule has 2 heterocycles. The monoisotopic (exact) mass is 336 g/mol. The maximum atomic E-state index is 12.5. The summed E-state index contributed by atoms with van der Waals surface area (Å²) < 4.78 is 1.57. The van der Waals surface area contributed by atoms with Crippen molar-refractivity contribution in [2.45, 2.75) is 37.8 Å². The summed E-state index contributed by atoms with van der Waals surface area (Å²) in [6, 6.07) is 13.2. The number of rotatable bonds is 3. The molecule has 1 aromatic carbocycles. The molecule has 0 aliphatic heterocycles. The molecule has 3 aromatic rings. The smallest absolute Gasteiger partial charge is 0.267 e. The molecule has 2 aromatic heterocycles. The molecule has 4 rings (SSSR count). The lowest BCUT2D eigenvalue weighted by molar-refractivity contribution is 0.0917. The number of fused-ring (bicyclic) bond motifs is 1. The van der Waals surface area contributed by atoms with Crippen LogP contribution in [0.2, 0.25) is 0 Å². The Morgan fingerprint density at radius 2 is 1.92 bits per heavy atom. The van der Waals surface area contributed by atoms with Crippen molar-refractivity contribution in [3.05, 3.63) is 64.7 Å². The predicted octanol–water partition coefficient (Wildman–Crippen LogP) is 2.64. The zero-order chi connectivity index (χ0) is 17.2. The minimum absolute atomic E-state index is 0.0620. The molecule has 6 nitrogen and oxygen atoms in total. The van der Waals surface area contributed by atoms with Crippen LogP contribution in [0.5, 0.6) is 0 Å². The van der Waals surface area contributed by atoms with Gasteiger partial charge in [0.05, 0.1) is 6.04 Å². The van der Waals surface area contributed by atoms with E-state index in [4.69, 9.17) is 0 Å². The van der Waals surface area contributed by atoms with E-state index in [-0.39, 0.29) is 23.6 Å². The van der Waals surface area contributed by atoms with Crippen molar-refractivity contribution in [1.29, 1.82) is 0 Å². The summed E-state index contributed by atoms with van der Waals surface area (Å²) in [5, 5.41) is 8.31. The standard InChI is InChI=1S/C19H20N4O2/c24-18-6-3-11-20-23(18)15-9-7-14(8-10-15)21-19(25)17-12-13-4-1-2-5-16(13)22-17/h1-6,11-12,14-15,22H,7-10H2,(H,21,25). The van der Waals surface area contributed by atoms with Crippen molar-refractivity contribution in [2.24, 2.45) is 0 Å². The molecular formula is C19H20N4O2. The SMILES string of the molecule is O=C(NC1CCC(n2ncccc2=O)CC1)c1cc2ccccc2[nH]1. The molecule has 1 fully saturated rings. The molecular weight excluding hydrogens is 316 g/mol. The summed E-state index contributed by atoms with van der Waals surface area (Å²) in [5.41, 5.74) is 1.49. The summed E-state index contributed by atoms with van der Waals surface area (Å²) in [4.78, 5) is 27.5. The van der Waals surface area contributed by atoms with Crippen LogP contribution in [0.25, 0.3) is 10.9 Å². The van der Waals surface area contributed by atoms with Gasteiger partial charge in [0, 0.05) is 29.2 Å². The quantitative estimate of drug-likeness (QED) is 0.771. The minimum Gasteiger partial charge on any atom is -0.351 e. The van der Waals surface area contributed by atoms with Crippen LogP contribution in [-0.4, -0.2) is 26.7 Å². The number of benzene rings is 1. The van der Waals surface area contributed by atoms with Gasteiger partial charge in [0.1, 0.15) is 5.69 Å². The zero-order valence-corrected chi connectivity index (χ0v) is 13.8. The van der Waals surface area contributed by atoms with E-state index in [1.54, 1.807) is 16.9 Å². The highest BCUT2D eigenvalue weighted by Gasteiger charge is 2.25. The Morgan fingerprint density at radius 1 is 1.12 bits per heavy atom. The van der Waals surface area contributed by atoms with Gasteiger partial charge in [-0.3, -0.25) is 9.59 Å². The number of nitrogens with zero attached hydrogens (tertiary/aromatic N) is 2. The second-order valence-electron chi connectivity index (χ2n) is 6.56. The first-order chi connectivity index (χ1) is 12.2. The number of aromatic nitrogens is 3. The summed E-state index contributed by atoms with van der Waals surface area (Å²) in [6.07, 6.45) is 5.02. The lowest BCUT2D eigenvalue weighted by Crippen LogP contribution is -2.39. The van der Waals surface area contributed by atoms with Gasteiger partial charge in [-0.25, -0.2) is 4.68 Å². The van der Waals surface area contributed by atoms with E-state index in [0.29, 0.717) is 5.69 Å². The lowest BCUT2D eigenvalue weighted by Gasteiger charge is -2.29. The van der Waals surface area contributed by atoms with E-state index in [0.717, 1.165) is 36.6 Å². The fourth-order valence-corrected chi connectivity index (χ4v) is 3.57. The van der Waals surface area contributed by atoms with E-state index >= 15 is 0 Å². The highest BCUT2D eigenvalue weighted by molar-refractivity contribution is 5.98. The maximum Gasteiger partial charge on any atom is 0.267 e. The van der Waals surface area contributed by atoms with Crippen molar-refractivity contribution in [3.63, 3.8) is 0 Å². The number of aromatic amines is 1. The van der Waals surface area contributed by atoms with Crippen LogP contribution in [0.3, 0.4) is 0 Å². The van der Waals surface area contributed by atoms with Crippen molar-refractivity contribution in [1.82, 2.24) is 20.1 Å². The third-order valence-electron chi connectivity index (χ3n) is 4.89. The van der Waals surface area contributed by atoms with E-state index in [1.165, 1.54) is 6.07 Å². The number of hydrogen-bond acceptors (Lipinski definition) is 3. The fourth-order valence-electron chi connectivity index (χ4n) is 3.57. The zero-order valence-electron chi connectivity index (χ0n) is 13.8. The van der Waals surface area contributed by atoms with Crippen molar-refractivity contribution < 1.29 is 4.79 Å². The van der Waals surface area contributed by atoms with Crippen molar-refractivity contribution in [3.8, 4) is 0 Å². The summed E-state index contributed by atoms with van der Waals surface area (Å²) in [5.74, 6) is -0.0744. The summed E-state index contributed by atoms with van der Waals surface area (Å²) in [7, 11) is 0. The highest BCUT2D eigenvalue weighted by Crippen LogP contribution is 2.27. The number of carbonyl (C=O) groups is 1. The van der Waals surface area contributed by atoms with Gasteiger partial charge in [0.15, 0.2) is 0 Å². The van der Waals surface area contributed by atoms with Crippen LogP contribution in [-0.2, 0) is 0 Å². The molecule has 1 aliphatic carbocycles. The van der Waals surface area contributed by atoms with Gasteiger partial charge in [-0.1, -0.05) is 18.2 Å². The molecule has 0 atom stereocenters. The molecule has 2 N–H and O–H groups in total. The van der Waals surface area contributed by atoms with E-state index in [1.807, 2.05) is 30.3 Å². The Bertz CT molecular complexity index is 918. The van der Waals surface area contributed by atoms with E-state index < -0.39 is 0 Å². The highest BCUT2D eigenvalue weighted by atomic mass is 16.2. The maximum absolute atomic E-state index is 12.5. The first-order valence-electron chi connectivity index (χ1n) is 8.63. The molecule has 0 saturated heterocycles. The number of H-pyrrole nitrogens is 1. The Balaban J connectivity index is 1.39. The van der Waals surface area contributed by atoms with Crippen molar-refractivity contribution >= 4 is 16.8 Å². The molecule has 6 heteroatoms. The normalized spacial score (nSPS) is 20.5. The van der Waals surface area contributed by atoms with Gasteiger partial charge in [0.2, 0.25) is 0 Å². The van der Waals surface area contributed by atoms with Crippen LogP contribution in [0.1, 0.15) is 42.2 Å². The number of hydrogen-bond donors (Lipinski definition) is 2. The molecule has 1 amide bonds. The summed E-state index contributed by atoms with van der Waals surface area (Å²) >= 11 is 0. The molecule has 0 spiro atoms. The molecule has 1 aliphatic rings. The Morgan fingerprint density at radius 3 is 2.68 bits per heavy atom. The molecule has 25 heavy (non-hydrogen) atoms. The average Bonchev–Trinajstić information content (AvgIpc) is 3.07. The second kappa shape index (κ2) is 6.55. The third kappa shape index (κ3) is 3.20. The van der Waals surface area contributed by atoms with Gasteiger partial charge in [-0.15, -0.1) is 0 Å². The topological polar surface area (TPSA) is 79.8 Å². The van der Waals surface area contributed by atoms with E-state index in [9.17, 15) is 9.59 Å². The average molecular weight is 336 g/mol. The largest absolute Gasteiger partial charge is 0.351 e. The predicted molar refractivity (Wildman–Crippen MR) is 95.6 cm³/mol. The molecule has 0 radical (unpaired) electrons. The van der Waals surface area contributed by atoms with Crippen LogP contribution in [0, 0.1) is 0 Å². The Hall–Kier alpha value is -2.89. The summed E-state index contributed by atoms with van der Waals surface area (Å²) in [6.45, 7) is 0. The minimum atomic E-state index is -0.0744. The van der Waals surface area contributed by atoms with Gasteiger partial charge < -0.3 is 10.3 Å². The number of amides is 1. The van der Waals surface area contributed by atoms with Crippen molar-refractivity contribution in [2.75, 3.05) is 0 Å². The van der Waals surface area contributed by atoms with Gasteiger partial charge in [-0.2, -0.15) is 5.10 Å².